The maximum atomic E-state index is 12.5. The fourth-order valence-corrected chi connectivity index (χ4v) is 2.87. The molecule has 5 nitrogen and oxygen atoms in total. The van der Waals surface area contributed by atoms with Crippen molar-refractivity contribution in [2.75, 3.05) is 6.54 Å². The third-order valence-corrected chi connectivity index (χ3v) is 3.94. The first kappa shape index (κ1) is 12.3. The first-order chi connectivity index (χ1) is 9.15. The van der Waals surface area contributed by atoms with Crippen molar-refractivity contribution in [2.45, 2.75) is 20.0 Å². The normalized spacial score (nSPS) is 14.3. The standard InChI is InChI=1S/C13H13BrN4O/c1-9-2-3-10(11(14)6-9)13(19)17-4-5-18-8-15-16-12(18)7-17/h2-3,6,8H,4-5,7H2,1H3. The van der Waals surface area contributed by atoms with Crippen LogP contribution in [0.4, 0.5) is 0 Å². The number of carbonyl (C=O) groups is 1. The SMILES string of the molecule is Cc1ccc(C(=O)N2CCn3cnnc3C2)c(Br)c1. The quantitative estimate of drug-likeness (QED) is 0.807. The summed E-state index contributed by atoms with van der Waals surface area (Å²) in [5, 5.41) is 7.89. The van der Waals surface area contributed by atoms with E-state index in [9.17, 15) is 4.79 Å². The van der Waals surface area contributed by atoms with E-state index in [1.54, 1.807) is 11.2 Å². The molecule has 0 bridgehead atoms. The van der Waals surface area contributed by atoms with Crippen LogP contribution < -0.4 is 0 Å². The van der Waals surface area contributed by atoms with Crippen molar-refractivity contribution >= 4 is 21.8 Å². The van der Waals surface area contributed by atoms with Gasteiger partial charge in [0.15, 0.2) is 5.82 Å². The fraction of sp³-hybridized carbons (Fsp3) is 0.308. The van der Waals surface area contributed by atoms with Gasteiger partial charge in [-0.2, -0.15) is 0 Å². The molecular weight excluding hydrogens is 308 g/mol. The Kier molecular flexibility index (Phi) is 3.10. The summed E-state index contributed by atoms with van der Waals surface area (Å²) in [6.45, 7) is 3.95. The Labute approximate surface area is 119 Å². The number of aromatic nitrogens is 3. The predicted octanol–water partition coefficient (Wildman–Crippen LogP) is 2.01. The van der Waals surface area contributed by atoms with Crippen LogP contribution in [0.25, 0.3) is 0 Å². The van der Waals surface area contributed by atoms with Crippen molar-refractivity contribution in [2.24, 2.45) is 0 Å². The minimum absolute atomic E-state index is 0.0288. The van der Waals surface area contributed by atoms with E-state index in [1.807, 2.05) is 29.7 Å². The smallest absolute Gasteiger partial charge is 0.255 e. The van der Waals surface area contributed by atoms with Crippen molar-refractivity contribution in [3.63, 3.8) is 0 Å². The van der Waals surface area contributed by atoms with E-state index in [0.29, 0.717) is 18.7 Å². The average Bonchev–Trinajstić information content (AvgIpc) is 2.85. The summed E-state index contributed by atoms with van der Waals surface area (Å²) in [6.07, 6.45) is 1.71. The van der Waals surface area contributed by atoms with Gasteiger partial charge >= 0.3 is 0 Å². The van der Waals surface area contributed by atoms with Crippen LogP contribution in [-0.4, -0.2) is 32.1 Å². The number of hydrogen-bond donors (Lipinski definition) is 0. The Morgan fingerprint density at radius 2 is 2.21 bits per heavy atom. The number of nitrogens with zero attached hydrogens (tertiary/aromatic N) is 4. The summed E-state index contributed by atoms with van der Waals surface area (Å²) in [5.41, 5.74) is 1.82. The first-order valence-electron chi connectivity index (χ1n) is 6.07. The lowest BCUT2D eigenvalue weighted by Gasteiger charge is -2.27. The molecule has 0 N–H and O–H groups in total. The average molecular weight is 321 g/mol. The number of benzene rings is 1. The number of carbonyl (C=O) groups excluding carboxylic acids is 1. The number of amides is 1. The van der Waals surface area contributed by atoms with Crippen molar-refractivity contribution in [3.8, 4) is 0 Å². The van der Waals surface area contributed by atoms with E-state index >= 15 is 0 Å². The monoisotopic (exact) mass is 320 g/mol. The lowest BCUT2D eigenvalue weighted by atomic mass is 10.1. The maximum Gasteiger partial charge on any atom is 0.255 e. The van der Waals surface area contributed by atoms with Crippen molar-refractivity contribution in [1.29, 1.82) is 0 Å². The first-order valence-corrected chi connectivity index (χ1v) is 6.86. The van der Waals surface area contributed by atoms with E-state index in [1.165, 1.54) is 0 Å². The number of rotatable bonds is 1. The van der Waals surface area contributed by atoms with Gasteiger partial charge in [-0.25, -0.2) is 0 Å². The van der Waals surface area contributed by atoms with Gasteiger partial charge in [0.1, 0.15) is 6.33 Å². The lowest BCUT2D eigenvalue weighted by molar-refractivity contribution is 0.0706. The summed E-state index contributed by atoms with van der Waals surface area (Å²) >= 11 is 3.46. The fourth-order valence-electron chi connectivity index (χ4n) is 2.20. The molecule has 1 amide bonds. The molecule has 2 aromatic rings. The van der Waals surface area contributed by atoms with Gasteiger partial charge in [-0.15, -0.1) is 10.2 Å². The van der Waals surface area contributed by atoms with Crippen LogP contribution in [0.15, 0.2) is 29.0 Å². The zero-order valence-corrected chi connectivity index (χ0v) is 12.1. The molecule has 0 aliphatic carbocycles. The highest BCUT2D eigenvalue weighted by Crippen LogP contribution is 2.21. The second-order valence-corrected chi connectivity index (χ2v) is 5.50. The van der Waals surface area contributed by atoms with Crippen molar-refractivity contribution in [1.82, 2.24) is 19.7 Å². The summed E-state index contributed by atoms with van der Waals surface area (Å²) < 4.78 is 2.82. The Morgan fingerprint density at radius 3 is 3.00 bits per heavy atom. The number of halogens is 1. The highest BCUT2D eigenvalue weighted by atomic mass is 79.9. The largest absolute Gasteiger partial charge is 0.329 e. The summed E-state index contributed by atoms with van der Waals surface area (Å²) in [5.74, 6) is 0.865. The molecule has 98 valence electrons. The van der Waals surface area contributed by atoms with Crippen molar-refractivity contribution in [3.05, 3.63) is 46.0 Å². The molecule has 19 heavy (non-hydrogen) atoms. The minimum Gasteiger partial charge on any atom is -0.329 e. The molecule has 0 radical (unpaired) electrons. The molecular formula is C13H13BrN4O. The van der Waals surface area contributed by atoms with Crippen LogP contribution in [0.3, 0.4) is 0 Å². The molecule has 0 unspecified atom stereocenters. The zero-order valence-electron chi connectivity index (χ0n) is 10.5. The Morgan fingerprint density at radius 1 is 1.37 bits per heavy atom. The van der Waals surface area contributed by atoms with Crippen LogP contribution in [-0.2, 0) is 13.1 Å². The molecule has 2 heterocycles. The molecule has 0 saturated heterocycles. The van der Waals surface area contributed by atoms with Gasteiger partial charge in [0, 0.05) is 17.6 Å². The molecule has 1 aliphatic heterocycles. The van der Waals surface area contributed by atoms with Gasteiger partial charge in [-0.1, -0.05) is 6.07 Å². The maximum absolute atomic E-state index is 12.5. The van der Waals surface area contributed by atoms with Crippen LogP contribution in [0.5, 0.6) is 0 Å². The zero-order chi connectivity index (χ0) is 13.4. The number of fused-ring (bicyclic) bond motifs is 1. The van der Waals surface area contributed by atoms with Crippen molar-refractivity contribution < 1.29 is 4.79 Å². The highest BCUT2D eigenvalue weighted by Gasteiger charge is 2.24. The molecule has 3 rings (SSSR count). The second kappa shape index (κ2) is 4.77. The van der Waals surface area contributed by atoms with E-state index in [4.69, 9.17) is 0 Å². The van der Waals surface area contributed by atoms with E-state index in [0.717, 1.165) is 22.4 Å². The van der Waals surface area contributed by atoms with Crippen LogP contribution in [0, 0.1) is 6.92 Å². The van der Waals surface area contributed by atoms with Crippen LogP contribution in [0.1, 0.15) is 21.7 Å². The van der Waals surface area contributed by atoms with Gasteiger partial charge < -0.3 is 9.47 Å². The number of hydrogen-bond acceptors (Lipinski definition) is 3. The van der Waals surface area contributed by atoms with Crippen LogP contribution in [0.2, 0.25) is 0 Å². The van der Waals surface area contributed by atoms with Crippen LogP contribution >= 0.6 is 15.9 Å². The van der Waals surface area contributed by atoms with E-state index in [2.05, 4.69) is 26.1 Å². The molecule has 0 fully saturated rings. The topological polar surface area (TPSA) is 51.0 Å². The molecule has 0 spiro atoms. The lowest BCUT2D eigenvalue weighted by Crippen LogP contribution is -2.38. The molecule has 6 heteroatoms. The molecule has 0 atom stereocenters. The highest BCUT2D eigenvalue weighted by molar-refractivity contribution is 9.10. The minimum atomic E-state index is 0.0288. The Balaban J connectivity index is 1.85. The Bertz CT molecular complexity index is 637. The molecule has 1 aliphatic rings. The second-order valence-electron chi connectivity index (χ2n) is 4.65. The van der Waals surface area contributed by atoms with E-state index in [-0.39, 0.29) is 5.91 Å². The predicted molar refractivity (Wildman–Crippen MR) is 73.6 cm³/mol. The molecule has 1 aromatic heterocycles. The summed E-state index contributed by atoms with van der Waals surface area (Å²) in [4.78, 5) is 14.3. The van der Waals surface area contributed by atoms with Gasteiger partial charge in [0.25, 0.3) is 5.91 Å². The third-order valence-electron chi connectivity index (χ3n) is 3.28. The number of aryl methyl sites for hydroxylation is 1. The summed E-state index contributed by atoms with van der Waals surface area (Å²) in [6, 6.07) is 5.77. The van der Waals surface area contributed by atoms with E-state index < -0.39 is 0 Å². The third kappa shape index (κ3) is 2.28. The molecule has 0 saturated carbocycles. The van der Waals surface area contributed by atoms with Gasteiger partial charge in [0.2, 0.25) is 0 Å². The van der Waals surface area contributed by atoms with Gasteiger partial charge in [-0.05, 0) is 40.5 Å². The Hall–Kier alpha value is -1.69. The van der Waals surface area contributed by atoms with Gasteiger partial charge in [0.05, 0.1) is 12.1 Å². The summed E-state index contributed by atoms with van der Waals surface area (Å²) in [7, 11) is 0. The van der Waals surface area contributed by atoms with Gasteiger partial charge in [-0.3, -0.25) is 4.79 Å². The molecule has 1 aromatic carbocycles.